The lowest BCUT2D eigenvalue weighted by Crippen LogP contribution is -2.30. The molecule has 54 heavy (non-hydrogen) atoms. The molecular weight excluding hydrogens is 665 g/mol. The van der Waals surface area contributed by atoms with Gasteiger partial charge in [-0.1, -0.05) is 156 Å². The fourth-order valence-corrected chi connectivity index (χ4v) is 7.67. The first-order valence-corrected chi connectivity index (χ1v) is 19.2. The van der Waals surface area contributed by atoms with E-state index in [9.17, 15) is 20.4 Å². The van der Waals surface area contributed by atoms with Crippen molar-refractivity contribution in [3.63, 3.8) is 0 Å². The van der Waals surface area contributed by atoms with E-state index in [4.69, 9.17) is 0 Å². The van der Waals surface area contributed by atoms with Crippen molar-refractivity contribution in [3.8, 4) is 23.0 Å². The van der Waals surface area contributed by atoms with Crippen LogP contribution in [0.2, 0.25) is 0 Å². The lowest BCUT2D eigenvalue weighted by molar-refractivity contribution is 0.438. The zero-order chi connectivity index (χ0) is 40.4. The molecule has 0 aromatic heterocycles. The van der Waals surface area contributed by atoms with Gasteiger partial charge in [-0.15, -0.1) is 0 Å². The summed E-state index contributed by atoms with van der Waals surface area (Å²) in [6.07, 6.45) is 0. The van der Waals surface area contributed by atoms with Gasteiger partial charge in [0.1, 0.15) is 23.0 Å². The van der Waals surface area contributed by atoms with Crippen LogP contribution in [-0.2, 0) is 32.5 Å². The predicted molar refractivity (Wildman–Crippen MR) is 225 cm³/mol. The number of rotatable bonds is 6. The highest BCUT2D eigenvalue weighted by molar-refractivity contribution is 5.64. The van der Waals surface area contributed by atoms with Crippen LogP contribution < -0.4 is 0 Å². The molecular formula is C50H62O4. The van der Waals surface area contributed by atoms with Crippen molar-refractivity contribution in [2.45, 2.75) is 129 Å². The highest BCUT2D eigenvalue weighted by atomic mass is 16.3. The van der Waals surface area contributed by atoms with Crippen molar-refractivity contribution in [2.24, 2.45) is 0 Å². The molecule has 0 saturated carbocycles. The number of phenols is 4. The summed E-state index contributed by atoms with van der Waals surface area (Å²) < 4.78 is 0. The van der Waals surface area contributed by atoms with E-state index in [2.05, 4.69) is 127 Å². The fraction of sp³-hybridized carbons (Fsp3) is 0.400. The minimum atomic E-state index is -1.04. The van der Waals surface area contributed by atoms with Crippen LogP contribution in [0.4, 0.5) is 0 Å². The first kappa shape index (κ1) is 40.5. The Labute approximate surface area is 324 Å². The standard InChI is InChI=1S/C50H62O4/c1-45(2,3)31-18-22-41(51)37(27-31)49(13,38-28-32(46(4,5)6)19-23-42(38)52)35-16-15-17-36(26-35)50(14,39-29-33(47(7,8)9)20-24-43(39)53)40-30-34(48(10,11)12)21-25-44(40)54/h15-30,51-54H,1-14H3. The molecule has 5 aromatic carbocycles. The van der Waals surface area contributed by atoms with Crippen LogP contribution in [-0.4, -0.2) is 20.4 Å². The lowest BCUT2D eigenvalue weighted by atomic mass is 9.65. The van der Waals surface area contributed by atoms with Gasteiger partial charge in [0.25, 0.3) is 0 Å². The molecule has 0 unspecified atom stereocenters. The second-order valence-corrected chi connectivity index (χ2v) is 19.8. The number of hydrogen-bond acceptors (Lipinski definition) is 4. The Balaban J connectivity index is 1.95. The van der Waals surface area contributed by atoms with Crippen molar-refractivity contribution >= 4 is 0 Å². The quantitative estimate of drug-likeness (QED) is 0.131. The average molecular weight is 727 g/mol. The van der Waals surface area contributed by atoms with Gasteiger partial charge in [0.05, 0.1) is 0 Å². The van der Waals surface area contributed by atoms with Crippen LogP contribution >= 0.6 is 0 Å². The molecule has 0 aliphatic rings. The van der Waals surface area contributed by atoms with Crippen molar-refractivity contribution in [1.29, 1.82) is 0 Å². The Morgan fingerprint density at radius 2 is 0.500 bits per heavy atom. The fourth-order valence-electron chi connectivity index (χ4n) is 7.67. The van der Waals surface area contributed by atoms with Gasteiger partial charge in [0, 0.05) is 33.1 Å². The summed E-state index contributed by atoms with van der Waals surface area (Å²) in [5.41, 5.74) is 5.69. The second-order valence-electron chi connectivity index (χ2n) is 19.8. The third-order valence-corrected chi connectivity index (χ3v) is 11.6. The van der Waals surface area contributed by atoms with E-state index in [0.29, 0.717) is 22.3 Å². The molecule has 0 radical (unpaired) electrons. The van der Waals surface area contributed by atoms with Gasteiger partial charge < -0.3 is 20.4 Å². The Morgan fingerprint density at radius 3 is 0.704 bits per heavy atom. The molecule has 5 aromatic rings. The van der Waals surface area contributed by atoms with Crippen LogP contribution in [0.15, 0.2) is 97.1 Å². The summed E-state index contributed by atoms with van der Waals surface area (Å²) in [6.45, 7) is 30.0. The van der Waals surface area contributed by atoms with Crippen LogP contribution in [0.3, 0.4) is 0 Å². The summed E-state index contributed by atoms with van der Waals surface area (Å²) in [6, 6.07) is 31.4. The van der Waals surface area contributed by atoms with Crippen LogP contribution in [0.1, 0.15) is 153 Å². The van der Waals surface area contributed by atoms with Gasteiger partial charge in [-0.3, -0.25) is 0 Å². The van der Waals surface area contributed by atoms with E-state index >= 15 is 0 Å². The maximum Gasteiger partial charge on any atom is 0.120 e. The minimum absolute atomic E-state index is 0.130. The molecule has 0 saturated heterocycles. The normalized spacial score (nSPS) is 13.3. The lowest BCUT2D eigenvalue weighted by Gasteiger charge is -2.38. The smallest absolute Gasteiger partial charge is 0.120 e. The molecule has 0 amide bonds. The monoisotopic (exact) mass is 726 g/mol. The van der Waals surface area contributed by atoms with Gasteiger partial charge in [-0.05, 0) is 93.2 Å². The van der Waals surface area contributed by atoms with Crippen molar-refractivity contribution in [3.05, 3.63) is 153 Å². The third-order valence-electron chi connectivity index (χ3n) is 11.6. The second kappa shape index (κ2) is 13.6. The van der Waals surface area contributed by atoms with Crippen LogP contribution in [0.25, 0.3) is 0 Å². The van der Waals surface area contributed by atoms with Crippen molar-refractivity contribution in [1.82, 2.24) is 0 Å². The third kappa shape index (κ3) is 7.37. The van der Waals surface area contributed by atoms with E-state index in [0.717, 1.165) is 33.4 Å². The average Bonchev–Trinajstić information content (AvgIpc) is 3.06. The molecule has 4 heteroatoms. The Hall–Kier alpha value is -4.70. The maximum atomic E-state index is 11.8. The van der Waals surface area contributed by atoms with Gasteiger partial charge >= 0.3 is 0 Å². The van der Waals surface area contributed by atoms with Gasteiger partial charge in [0.15, 0.2) is 0 Å². The number of benzene rings is 5. The first-order valence-electron chi connectivity index (χ1n) is 19.2. The Bertz CT molecular complexity index is 1900. The largest absolute Gasteiger partial charge is 0.508 e. The van der Waals surface area contributed by atoms with E-state index in [1.807, 2.05) is 42.5 Å². The molecule has 0 fully saturated rings. The predicted octanol–water partition coefficient (Wildman–Crippen LogP) is 12.4. The highest BCUT2D eigenvalue weighted by Crippen LogP contribution is 2.52. The van der Waals surface area contributed by atoms with E-state index in [1.54, 1.807) is 24.3 Å². The number of hydrogen-bond donors (Lipinski definition) is 4. The summed E-state index contributed by atoms with van der Waals surface area (Å²) >= 11 is 0. The zero-order valence-corrected chi connectivity index (χ0v) is 35.0. The van der Waals surface area contributed by atoms with E-state index in [-0.39, 0.29) is 44.7 Å². The molecule has 286 valence electrons. The molecule has 0 aliphatic carbocycles. The van der Waals surface area contributed by atoms with Crippen LogP contribution in [0, 0.1) is 0 Å². The summed E-state index contributed by atoms with van der Waals surface area (Å²) in [4.78, 5) is 0. The Morgan fingerprint density at radius 1 is 0.278 bits per heavy atom. The van der Waals surface area contributed by atoms with Crippen LogP contribution in [0.5, 0.6) is 23.0 Å². The molecule has 0 bridgehead atoms. The molecule has 0 spiro atoms. The molecule has 5 rings (SSSR count). The minimum Gasteiger partial charge on any atom is -0.508 e. The first-order chi connectivity index (χ1) is 24.7. The van der Waals surface area contributed by atoms with E-state index < -0.39 is 10.8 Å². The molecule has 4 nitrogen and oxygen atoms in total. The molecule has 0 atom stereocenters. The van der Waals surface area contributed by atoms with Gasteiger partial charge in [-0.2, -0.15) is 0 Å². The number of phenolic OH excluding ortho intramolecular Hbond substituents is 4. The van der Waals surface area contributed by atoms with Gasteiger partial charge in [-0.25, -0.2) is 0 Å². The zero-order valence-electron chi connectivity index (χ0n) is 35.0. The number of aromatic hydroxyl groups is 4. The van der Waals surface area contributed by atoms with Crippen molar-refractivity contribution in [2.75, 3.05) is 0 Å². The highest BCUT2D eigenvalue weighted by Gasteiger charge is 2.41. The SMILES string of the molecule is CC(C)(C)c1ccc(O)c(C(C)(c2cccc(C(C)(c3cc(C(C)(C)C)ccc3O)c3cc(C(C)(C)C)ccc3O)c2)c2cc(C(C)(C)C)ccc2O)c1. The summed E-state index contributed by atoms with van der Waals surface area (Å²) in [5, 5.41) is 47.2. The molecule has 0 heterocycles. The topological polar surface area (TPSA) is 80.9 Å². The Kier molecular flexibility index (Phi) is 10.2. The van der Waals surface area contributed by atoms with E-state index in [1.165, 1.54) is 0 Å². The van der Waals surface area contributed by atoms with Gasteiger partial charge in [0.2, 0.25) is 0 Å². The summed E-state index contributed by atoms with van der Waals surface area (Å²) in [7, 11) is 0. The van der Waals surface area contributed by atoms with Crippen molar-refractivity contribution < 1.29 is 20.4 Å². The molecule has 4 N–H and O–H groups in total. The maximum absolute atomic E-state index is 11.8. The summed E-state index contributed by atoms with van der Waals surface area (Å²) in [5.74, 6) is 0.520. The molecule has 0 aliphatic heterocycles.